The van der Waals surface area contributed by atoms with Crippen LogP contribution >= 0.6 is 12.2 Å². The summed E-state index contributed by atoms with van der Waals surface area (Å²) in [5, 5.41) is 7.27. The summed E-state index contributed by atoms with van der Waals surface area (Å²) in [5.41, 5.74) is 4.74. The second-order valence-corrected chi connectivity index (χ2v) is 6.24. The molecule has 0 radical (unpaired) electrons. The first-order valence-corrected chi connectivity index (χ1v) is 8.82. The molecule has 128 valence electrons. The van der Waals surface area contributed by atoms with E-state index in [1.54, 1.807) is 0 Å². The zero-order valence-electron chi connectivity index (χ0n) is 14.8. The summed E-state index contributed by atoms with van der Waals surface area (Å²) in [5.74, 6) is 0.809. The van der Waals surface area contributed by atoms with Crippen LogP contribution in [0, 0.1) is 13.8 Å². The van der Waals surface area contributed by atoms with Crippen LogP contribution in [0.5, 0.6) is 5.75 Å². The molecule has 0 amide bonds. The Morgan fingerprint density at radius 3 is 2.50 bits per heavy atom. The highest BCUT2D eigenvalue weighted by molar-refractivity contribution is 7.80. The van der Waals surface area contributed by atoms with E-state index in [1.807, 2.05) is 31.2 Å². The monoisotopic (exact) mass is 342 g/mol. The third kappa shape index (κ3) is 4.71. The van der Waals surface area contributed by atoms with Gasteiger partial charge in [0.05, 0.1) is 18.3 Å². The van der Waals surface area contributed by atoms with Crippen LogP contribution in [0.2, 0.25) is 0 Å². The fourth-order valence-corrected chi connectivity index (χ4v) is 2.82. The van der Waals surface area contributed by atoms with Crippen molar-refractivity contribution < 1.29 is 4.74 Å². The largest absolute Gasteiger partial charge is 0.492 e. The highest BCUT2D eigenvalue weighted by Gasteiger charge is 2.12. The van der Waals surface area contributed by atoms with E-state index < -0.39 is 0 Å². The first-order valence-electron chi connectivity index (χ1n) is 8.41. The molecule has 24 heavy (non-hydrogen) atoms. The van der Waals surface area contributed by atoms with Gasteiger partial charge in [0.25, 0.3) is 0 Å². The van der Waals surface area contributed by atoms with E-state index in [0.717, 1.165) is 17.9 Å². The zero-order valence-corrected chi connectivity index (χ0v) is 15.7. The number of hydrogen-bond donors (Lipinski definition) is 2. The minimum atomic E-state index is 0.184. The molecular weight excluding hydrogens is 316 g/mol. The molecule has 0 aliphatic heterocycles. The average Bonchev–Trinajstić information content (AvgIpc) is 2.57. The smallest absolute Gasteiger partial charge is 0.171 e. The molecule has 0 saturated carbocycles. The molecule has 2 N–H and O–H groups in total. The number of benzene rings is 2. The topological polar surface area (TPSA) is 33.3 Å². The van der Waals surface area contributed by atoms with Crippen LogP contribution in [0.4, 0.5) is 5.69 Å². The van der Waals surface area contributed by atoms with Gasteiger partial charge < -0.3 is 15.4 Å². The van der Waals surface area contributed by atoms with Crippen molar-refractivity contribution in [1.82, 2.24) is 5.32 Å². The van der Waals surface area contributed by atoms with Crippen LogP contribution in [-0.2, 0) is 0 Å². The van der Waals surface area contributed by atoms with Crippen molar-refractivity contribution in [2.75, 3.05) is 11.9 Å². The summed E-state index contributed by atoms with van der Waals surface area (Å²) >= 11 is 5.50. The Morgan fingerprint density at radius 1 is 1.08 bits per heavy atom. The van der Waals surface area contributed by atoms with Gasteiger partial charge in [0, 0.05) is 0 Å². The molecule has 4 heteroatoms. The predicted molar refractivity (Wildman–Crippen MR) is 106 cm³/mol. The number of ether oxygens (including phenoxy) is 1. The first-order chi connectivity index (χ1) is 11.5. The van der Waals surface area contributed by atoms with Crippen LogP contribution in [0.25, 0.3) is 0 Å². The van der Waals surface area contributed by atoms with Gasteiger partial charge in [-0.1, -0.05) is 37.3 Å². The van der Waals surface area contributed by atoms with E-state index in [1.165, 1.54) is 16.7 Å². The van der Waals surface area contributed by atoms with Crippen LogP contribution in [0.15, 0.2) is 42.5 Å². The van der Waals surface area contributed by atoms with Gasteiger partial charge in [0.15, 0.2) is 5.11 Å². The van der Waals surface area contributed by atoms with E-state index in [4.69, 9.17) is 17.0 Å². The highest BCUT2D eigenvalue weighted by atomic mass is 32.1. The molecule has 2 rings (SSSR count). The Bertz CT molecular complexity index is 700. The highest BCUT2D eigenvalue weighted by Crippen LogP contribution is 2.24. The van der Waals surface area contributed by atoms with Crippen LogP contribution in [0.3, 0.4) is 0 Å². The summed E-state index contributed by atoms with van der Waals surface area (Å²) in [6.07, 6.45) is 0.956. The van der Waals surface area contributed by atoms with Crippen molar-refractivity contribution in [1.29, 1.82) is 0 Å². The van der Waals surface area contributed by atoms with Crippen molar-refractivity contribution in [2.24, 2.45) is 0 Å². The third-order valence-corrected chi connectivity index (χ3v) is 4.30. The lowest BCUT2D eigenvalue weighted by atomic mass is 9.99. The van der Waals surface area contributed by atoms with Crippen molar-refractivity contribution in [3.8, 4) is 5.75 Å². The van der Waals surface area contributed by atoms with Gasteiger partial charge in [-0.25, -0.2) is 0 Å². The molecule has 2 aromatic rings. The second-order valence-electron chi connectivity index (χ2n) is 5.83. The Kier molecular flexibility index (Phi) is 6.62. The molecule has 1 atom stereocenters. The van der Waals surface area contributed by atoms with Gasteiger partial charge in [-0.05, 0) is 68.2 Å². The molecule has 0 aliphatic rings. The molecule has 3 nitrogen and oxygen atoms in total. The minimum Gasteiger partial charge on any atom is -0.492 e. The van der Waals surface area contributed by atoms with Gasteiger partial charge in [-0.3, -0.25) is 0 Å². The summed E-state index contributed by atoms with van der Waals surface area (Å²) in [6, 6.07) is 14.6. The van der Waals surface area contributed by atoms with Crippen molar-refractivity contribution >= 4 is 23.0 Å². The lowest BCUT2D eigenvalue weighted by molar-refractivity contribution is 0.342. The van der Waals surface area contributed by atoms with E-state index in [-0.39, 0.29) is 6.04 Å². The van der Waals surface area contributed by atoms with Gasteiger partial charge in [0.2, 0.25) is 0 Å². The molecule has 0 unspecified atom stereocenters. The van der Waals surface area contributed by atoms with E-state index in [9.17, 15) is 0 Å². The number of thiocarbonyl (C=S) groups is 1. The van der Waals surface area contributed by atoms with Gasteiger partial charge in [-0.15, -0.1) is 0 Å². The average molecular weight is 343 g/mol. The molecule has 0 saturated heterocycles. The maximum atomic E-state index is 5.63. The fraction of sp³-hybridized carbons (Fsp3) is 0.350. The molecule has 0 fully saturated rings. The lowest BCUT2D eigenvalue weighted by Gasteiger charge is -2.21. The maximum Gasteiger partial charge on any atom is 0.171 e. The molecular formula is C20H26N2OS. The Balaban J connectivity index is 2.08. The number of para-hydroxylation sites is 2. The van der Waals surface area contributed by atoms with Crippen molar-refractivity contribution in [3.05, 3.63) is 59.2 Å². The number of rotatable bonds is 6. The first kappa shape index (κ1) is 18.3. The van der Waals surface area contributed by atoms with E-state index in [0.29, 0.717) is 11.7 Å². The van der Waals surface area contributed by atoms with Crippen LogP contribution < -0.4 is 15.4 Å². The molecule has 0 aromatic heterocycles. The summed E-state index contributed by atoms with van der Waals surface area (Å²) in [6.45, 7) is 9.02. The molecule has 2 aromatic carbocycles. The summed E-state index contributed by atoms with van der Waals surface area (Å²) < 4.78 is 5.63. The summed E-state index contributed by atoms with van der Waals surface area (Å²) in [4.78, 5) is 0. The quantitative estimate of drug-likeness (QED) is 0.712. The van der Waals surface area contributed by atoms with Gasteiger partial charge in [-0.2, -0.15) is 0 Å². The fourth-order valence-electron chi connectivity index (χ4n) is 2.57. The van der Waals surface area contributed by atoms with Crippen molar-refractivity contribution in [2.45, 2.75) is 40.2 Å². The molecule has 0 spiro atoms. The normalized spacial score (nSPS) is 11.7. The maximum absolute atomic E-state index is 5.63. The minimum absolute atomic E-state index is 0.184. The lowest BCUT2D eigenvalue weighted by Crippen LogP contribution is -2.32. The molecule has 0 aliphatic carbocycles. The van der Waals surface area contributed by atoms with Crippen LogP contribution in [0.1, 0.15) is 43.0 Å². The zero-order chi connectivity index (χ0) is 17.5. The van der Waals surface area contributed by atoms with Crippen molar-refractivity contribution in [3.63, 3.8) is 0 Å². The SMILES string of the molecule is CCOc1ccccc1NC(=S)N[C@@H](CC)c1ccc(C)c(C)c1. The standard InChI is InChI=1S/C20H26N2OS/c1-5-17(16-12-11-14(3)15(4)13-16)21-20(24)22-18-9-7-8-10-19(18)23-6-2/h7-13,17H,5-6H2,1-4H3,(H2,21,22,24)/t17-/m0/s1. The molecule has 0 heterocycles. The number of nitrogens with one attached hydrogen (secondary N) is 2. The Hall–Kier alpha value is -2.07. The summed E-state index contributed by atoms with van der Waals surface area (Å²) in [7, 11) is 0. The number of hydrogen-bond acceptors (Lipinski definition) is 2. The number of aryl methyl sites for hydroxylation is 2. The third-order valence-electron chi connectivity index (χ3n) is 4.08. The van der Waals surface area contributed by atoms with E-state index >= 15 is 0 Å². The Labute approximate surface area is 150 Å². The second kappa shape index (κ2) is 8.69. The Morgan fingerprint density at radius 2 is 1.83 bits per heavy atom. The predicted octanol–water partition coefficient (Wildman–Crippen LogP) is 5.14. The number of anilines is 1. The van der Waals surface area contributed by atoms with E-state index in [2.05, 4.69) is 49.6 Å². The van der Waals surface area contributed by atoms with Gasteiger partial charge >= 0.3 is 0 Å². The van der Waals surface area contributed by atoms with Crippen LogP contribution in [-0.4, -0.2) is 11.7 Å². The molecule has 0 bridgehead atoms. The van der Waals surface area contributed by atoms with Gasteiger partial charge in [0.1, 0.15) is 5.75 Å².